The standard InChI is InChI=1S/C24H33NO3/c1-16(2)21(22(27)28-3)25-20(26)14-23-10-17-9-18(11-23)13-24(12-17,15-23)19-7-5-4-6-8-19/h4-8,16-18,21H,9-15H2,1-3H3,(H,25,26)/t17-,18-,21+,23?,24?/m0/s1. The number of benzene rings is 1. The van der Waals surface area contributed by atoms with Gasteiger partial charge in [-0.15, -0.1) is 0 Å². The third-order valence-electron chi connectivity index (χ3n) is 7.54. The SMILES string of the molecule is COC(=O)[C@H](NC(=O)CC12C[C@@H]3C[C@@H](C1)CC(c1ccccc1)(C3)C2)C(C)C. The second kappa shape index (κ2) is 7.20. The number of ether oxygens (including phenoxy) is 1. The van der Waals surface area contributed by atoms with E-state index in [1.54, 1.807) is 0 Å². The van der Waals surface area contributed by atoms with E-state index in [-0.39, 0.29) is 28.6 Å². The first kappa shape index (κ1) is 19.5. The number of carbonyl (C=O) groups is 2. The molecule has 4 heteroatoms. The maximum Gasteiger partial charge on any atom is 0.328 e. The van der Waals surface area contributed by atoms with E-state index in [1.165, 1.54) is 31.9 Å². The Hall–Kier alpha value is -1.84. The zero-order valence-corrected chi connectivity index (χ0v) is 17.4. The average molecular weight is 384 g/mol. The summed E-state index contributed by atoms with van der Waals surface area (Å²) in [5.41, 5.74) is 1.79. The molecule has 152 valence electrons. The number of rotatable bonds is 6. The Morgan fingerprint density at radius 1 is 1.11 bits per heavy atom. The van der Waals surface area contributed by atoms with E-state index >= 15 is 0 Å². The van der Waals surface area contributed by atoms with Crippen LogP contribution in [0.4, 0.5) is 0 Å². The Morgan fingerprint density at radius 3 is 2.32 bits per heavy atom. The molecular weight excluding hydrogens is 350 g/mol. The fourth-order valence-corrected chi connectivity index (χ4v) is 6.98. The van der Waals surface area contributed by atoms with Crippen LogP contribution >= 0.6 is 0 Å². The highest BCUT2D eigenvalue weighted by Crippen LogP contribution is 2.66. The summed E-state index contributed by atoms with van der Waals surface area (Å²) in [6.45, 7) is 3.88. The van der Waals surface area contributed by atoms with Gasteiger partial charge in [0.05, 0.1) is 7.11 Å². The molecule has 0 aromatic heterocycles. The second-order valence-electron chi connectivity index (χ2n) is 10.1. The van der Waals surface area contributed by atoms with E-state index in [4.69, 9.17) is 4.74 Å². The average Bonchev–Trinajstić information content (AvgIpc) is 2.64. The fraction of sp³-hybridized carbons (Fsp3) is 0.667. The summed E-state index contributed by atoms with van der Waals surface area (Å²) in [6.07, 6.45) is 7.84. The van der Waals surface area contributed by atoms with Crippen LogP contribution in [0.1, 0.15) is 64.4 Å². The first-order valence-electron chi connectivity index (χ1n) is 10.8. The van der Waals surface area contributed by atoms with Gasteiger partial charge in [0.2, 0.25) is 5.91 Å². The molecule has 4 fully saturated rings. The largest absolute Gasteiger partial charge is 0.467 e. The molecular formula is C24H33NO3. The number of methoxy groups -OCH3 is 1. The van der Waals surface area contributed by atoms with Crippen LogP contribution in [0.2, 0.25) is 0 Å². The van der Waals surface area contributed by atoms with Crippen LogP contribution in [0.15, 0.2) is 30.3 Å². The van der Waals surface area contributed by atoms with E-state index in [0.717, 1.165) is 31.1 Å². The lowest BCUT2D eigenvalue weighted by Gasteiger charge is -2.62. The van der Waals surface area contributed by atoms with Gasteiger partial charge >= 0.3 is 5.97 Å². The lowest BCUT2D eigenvalue weighted by atomic mass is 9.42. The van der Waals surface area contributed by atoms with Crippen LogP contribution in [0.3, 0.4) is 0 Å². The molecule has 1 aromatic rings. The van der Waals surface area contributed by atoms with Gasteiger partial charge in [0.15, 0.2) is 0 Å². The topological polar surface area (TPSA) is 55.4 Å². The van der Waals surface area contributed by atoms with Crippen molar-refractivity contribution in [2.75, 3.05) is 7.11 Å². The highest BCUT2D eigenvalue weighted by atomic mass is 16.5. The summed E-state index contributed by atoms with van der Waals surface area (Å²) < 4.78 is 4.89. The molecule has 1 aromatic carbocycles. The molecule has 0 heterocycles. The Bertz CT molecular complexity index is 727. The molecule has 4 saturated carbocycles. The van der Waals surface area contributed by atoms with Crippen molar-refractivity contribution in [1.29, 1.82) is 0 Å². The van der Waals surface area contributed by atoms with Gasteiger partial charge < -0.3 is 10.1 Å². The molecule has 4 bridgehead atoms. The van der Waals surface area contributed by atoms with Crippen molar-refractivity contribution < 1.29 is 14.3 Å². The molecule has 5 rings (SSSR count). The summed E-state index contributed by atoms with van der Waals surface area (Å²) in [6, 6.07) is 10.4. The summed E-state index contributed by atoms with van der Waals surface area (Å²) in [5.74, 6) is 1.14. The molecule has 0 radical (unpaired) electrons. The maximum absolute atomic E-state index is 13.0. The van der Waals surface area contributed by atoms with Crippen LogP contribution < -0.4 is 5.32 Å². The van der Waals surface area contributed by atoms with E-state index in [2.05, 4.69) is 35.6 Å². The van der Waals surface area contributed by atoms with Gasteiger partial charge in [0.1, 0.15) is 6.04 Å². The van der Waals surface area contributed by atoms with Gasteiger partial charge in [-0.05, 0) is 72.7 Å². The molecule has 1 amide bonds. The highest BCUT2D eigenvalue weighted by molar-refractivity contribution is 5.85. The van der Waals surface area contributed by atoms with Crippen molar-refractivity contribution in [2.24, 2.45) is 23.2 Å². The predicted molar refractivity (Wildman–Crippen MR) is 109 cm³/mol. The van der Waals surface area contributed by atoms with Crippen LogP contribution in [-0.4, -0.2) is 25.0 Å². The van der Waals surface area contributed by atoms with Gasteiger partial charge in [-0.1, -0.05) is 44.2 Å². The first-order valence-corrected chi connectivity index (χ1v) is 10.8. The number of hydrogen-bond donors (Lipinski definition) is 1. The maximum atomic E-state index is 13.0. The Labute approximate surface area is 168 Å². The third kappa shape index (κ3) is 3.46. The summed E-state index contributed by atoms with van der Waals surface area (Å²) in [5, 5.41) is 2.98. The molecule has 0 spiro atoms. The van der Waals surface area contributed by atoms with E-state index in [9.17, 15) is 9.59 Å². The molecule has 3 atom stereocenters. The van der Waals surface area contributed by atoms with Crippen molar-refractivity contribution in [2.45, 2.75) is 70.3 Å². The van der Waals surface area contributed by atoms with Crippen molar-refractivity contribution in [3.05, 3.63) is 35.9 Å². The lowest BCUT2D eigenvalue weighted by molar-refractivity contribution is -0.147. The molecule has 0 unspecified atom stereocenters. The number of hydrogen-bond acceptors (Lipinski definition) is 3. The number of amides is 1. The Kier molecular flexibility index (Phi) is 5.01. The highest BCUT2D eigenvalue weighted by Gasteiger charge is 2.58. The monoisotopic (exact) mass is 383 g/mol. The van der Waals surface area contributed by atoms with Gasteiger partial charge in [0.25, 0.3) is 0 Å². The normalized spacial score (nSPS) is 34.3. The summed E-state index contributed by atoms with van der Waals surface area (Å²) in [4.78, 5) is 25.0. The van der Waals surface area contributed by atoms with Crippen LogP contribution in [0, 0.1) is 23.2 Å². The fourth-order valence-electron chi connectivity index (χ4n) is 6.98. The molecule has 28 heavy (non-hydrogen) atoms. The number of nitrogens with one attached hydrogen (secondary N) is 1. The Morgan fingerprint density at radius 2 is 1.75 bits per heavy atom. The molecule has 4 aliphatic rings. The molecule has 4 aliphatic carbocycles. The van der Waals surface area contributed by atoms with Crippen molar-refractivity contribution in [3.8, 4) is 0 Å². The van der Waals surface area contributed by atoms with Crippen molar-refractivity contribution in [3.63, 3.8) is 0 Å². The predicted octanol–water partition coefficient (Wildman–Crippen LogP) is 4.23. The van der Waals surface area contributed by atoms with Gasteiger partial charge in [-0.2, -0.15) is 0 Å². The second-order valence-corrected chi connectivity index (χ2v) is 10.1. The van der Waals surface area contributed by atoms with E-state index < -0.39 is 6.04 Å². The minimum absolute atomic E-state index is 0.00858. The summed E-state index contributed by atoms with van der Waals surface area (Å²) in [7, 11) is 1.38. The lowest BCUT2D eigenvalue weighted by Crippen LogP contribution is -2.56. The zero-order valence-electron chi connectivity index (χ0n) is 17.4. The van der Waals surface area contributed by atoms with Crippen LogP contribution in [0.5, 0.6) is 0 Å². The van der Waals surface area contributed by atoms with Gasteiger partial charge in [-0.3, -0.25) is 4.79 Å². The Balaban J connectivity index is 1.53. The first-order chi connectivity index (χ1) is 13.3. The number of esters is 1. The minimum atomic E-state index is -0.561. The van der Waals surface area contributed by atoms with Crippen molar-refractivity contribution >= 4 is 11.9 Å². The van der Waals surface area contributed by atoms with Gasteiger partial charge in [-0.25, -0.2) is 4.79 Å². The zero-order chi connectivity index (χ0) is 19.9. The molecule has 0 saturated heterocycles. The van der Waals surface area contributed by atoms with Gasteiger partial charge in [0, 0.05) is 6.42 Å². The van der Waals surface area contributed by atoms with E-state index in [0.29, 0.717) is 6.42 Å². The smallest absolute Gasteiger partial charge is 0.328 e. The van der Waals surface area contributed by atoms with Crippen LogP contribution in [0.25, 0.3) is 0 Å². The van der Waals surface area contributed by atoms with Crippen molar-refractivity contribution in [1.82, 2.24) is 5.32 Å². The molecule has 4 nitrogen and oxygen atoms in total. The molecule has 0 aliphatic heterocycles. The third-order valence-corrected chi connectivity index (χ3v) is 7.54. The van der Waals surface area contributed by atoms with E-state index in [1.807, 2.05) is 13.8 Å². The minimum Gasteiger partial charge on any atom is -0.467 e. The quantitative estimate of drug-likeness (QED) is 0.748. The summed E-state index contributed by atoms with van der Waals surface area (Å²) >= 11 is 0. The number of carbonyl (C=O) groups excluding carboxylic acids is 2. The van der Waals surface area contributed by atoms with Crippen LogP contribution in [-0.2, 0) is 19.7 Å². The molecule has 1 N–H and O–H groups in total.